The number of nitrogens with zero attached hydrogens (tertiary/aromatic N) is 3. The van der Waals surface area contributed by atoms with Gasteiger partial charge in [0.25, 0.3) is 0 Å². The van der Waals surface area contributed by atoms with E-state index in [1.807, 2.05) is 0 Å². The van der Waals surface area contributed by atoms with Gasteiger partial charge in [0.05, 0.1) is 4.92 Å². The molecule has 0 bridgehead atoms. The van der Waals surface area contributed by atoms with Gasteiger partial charge in [-0.15, -0.1) is 0 Å². The Morgan fingerprint density at radius 2 is 1.95 bits per heavy atom. The van der Waals surface area contributed by atoms with Crippen LogP contribution in [0.3, 0.4) is 0 Å². The first-order valence-corrected chi connectivity index (χ1v) is 5.65. The zero-order valence-corrected chi connectivity index (χ0v) is 10.8. The molecular weight excluding hydrogens is 267 g/mol. The summed E-state index contributed by atoms with van der Waals surface area (Å²) in [7, 11) is 1.59. The quantitative estimate of drug-likeness (QED) is 0.683. The molecule has 2 rings (SSSR count). The molecule has 0 aliphatic carbocycles. The maximum atomic E-state index is 12.8. The van der Waals surface area contributed by atoms with Crippen LogP contribution in [0.15, 0.2) is 24.3 Å². The zero-order chi connectivity index (χ0) is 14.7. The van der Waals surface area contributed by atoms with Gasteiger partial charge in [-0.2, -0.15) is 4.98 Å². The summed E-state index contributed by atoms with van der Waals surface area (Å²) in [5.41, 5.74) is -0.153. The van der Waals surface area contributed by atoms with Gasteiger partial charge in [0.2, 0.25) is 5.95 Å². The average molecular weight is 278 g/mol. The fourth-order valence-corrected chi connectivity index (χ4v) is 1.55. The first-order valence-electron chi connectivity index (χ1n) is 5.65. The molecule has 2 aromatic rings. The van der Waals surface area contributed by atoms with Crippen molar-refractivity contribution in [3.63, 3.8) is 0 Å². The molecule has 8 heteroatoms. The van der Waals surface area contributed by atoms with Gasteiger partial charge in [-0.25, -0.2) is 9.37 Å². The van der Waals surface area contributed by atoms with Gasteiger partial charge in [0, 0.05) is 7.05 Å². The molecule has 1 aromatic carbocycles. The lowest BCUT2D eigenvalue weighted by Crippen LogP contribution is -2.05. The van der Waals surface area contributed by atoms with Gasteiger partial charge in [-0.1, -0.05) is 0 Å². The Bertz CT molecular complexity index is 646. The third kappa shape index (κ3) is 2.79. The number of anilines is 1. The van der Waals surface area contributed by atoms with E-state index < -0.39 is 10.7 Å². The number of rotatable bonds is 4. The Morgan fingerprint density at radius 3 is 2.50 bits per heavy atom. The third-order valence-electron chi connectivity index (χ3n) is 2.46. The number of halogens is 1. The van der Waals surface area contributed by atoms with E-state index in [1.165, 1.54) is 31.2 Å². The van der Waals surface area contributed by atoms with E-state index in [9.17, 15) is 14.5 Å². The van der Waals surface area contributed by atoms with Crippen molar-refractivity contribution >= 4 is 11.6 Å². The van der Waals surface area contributed by atoms with Gasteiger partial charge in [-0.3, -0.25) is 10.1 Å². The van der Waals surface area contributed by atoms with Crippen LogP contribution < -0.4 is 10.1 Å². The van der Waals surface area contributed by atoms with Crippen molar-refractivity contribution in [2.45, 2.75) is 6.92 Å². The molecule has 0 fully saturated rings. The second-order valence-electron chi connectivity index (χ2n) is 3.85. The highest BCUT2D eigenvalue weighted by Crippen LogP contribution is 2.32. The molecule has 0 unspecified atom stereocenters. The number of aryl methyl sites for hydroxylation is 1. The van der Waals surface area contributed by atoms with Crippen molar-refractivity contribution in [2.75, 3.05) is 12.4 Å². The van der Waals surface area contributed by atoms with Crippen LogP contribution in [-0.4, -0.2) is 21.9 Å². The number of aromatic nitrogens is 2. The van der Waals surface area contributed by atoms with Crippen molar-refractivity contribution in [1.82, 2.24) is 9.97 Å². The van der Waals surface area contributed by atoms with Crippen LogP contribution in [0.25, 0.3) is 0 Å². The normalized spacial score (nSPS) is 10.2. The largest absolute Gasteiger partial charge is 0.434 e. The van der Waals surface area contributed by atoms with Crippen LogP contribution in [0.2, 0.25) is 0 Å². The van der Waals surface area contributed by atoms with Crippen molar-refractivity contribution in [3.8, 4) is 11.6 Å². The fourth-order valence-electron chi connectivity index (χ4n) is 1.55. The number of hydrogen-bond donors (Lipinski definition) is 1. The van der Waals surface area contributed by atoms with Crippen LogP contribution >= 0.6 is 0 Å². The van der Waals surface area contributed by atoms with Gasteiger partial charge >= 0.3 is 11.6 Å². The van der Waals surface area contributed by atoms with E-state index in [1.54, 1.807) is 7.05 Å². The smallest absolute Gasteiger partial charge is 0.352 e. The van der Waals surface area contributed by atoms with E-state index in [0.29, 0.717) is 0 Å². The Kier molecular flexibility index (Phi) is 3.74. The minimum absolute atomic E-state index is 0.173. The molecule has 0 radical (unpaired) electrons. The van der Waals surface area contributed by atoms with E-state index in [4.69, 9.17) is 4.74 Å². The summed E-state index contributed by atoms with van der Waals surface area (Å²) in [4.78, 5) is 18.3. The van der Waals surface area contributed by atoms with Crippen molar-refractivity contribution in [1.29, 1.82) is 0 Å². The standard InChI is InChI=1S/C12H11FN4O3/c1-7-10(17(18)19)11(16-12(14-2)15-7)20-9-5-3-8(13)4-6-9/h3-6H,1-2H3,(H,14,15,16). The van der Waals surface area contributed by atoms with Crippen molar-refractivity contribution in [3.05, 3.63) is 45.9 Å². The van der Waals surface area contributed by atoms with Crippen LogP contribution in [-0.2, 0) is 0 Å². The number of ether oxygens (including phenoxy) is 1. The summed E-state index contributed by atoms with van der Waals surface area (Å²) in [5.74, 6) is -0.181. The highest BCUT2D eigenvalue weighted by molar-refractivity contribution is 5.50. The van der Waals surface area contributed by atoms with Crippen LogP contribution in [0.4, 0.5) is 16.0 Å². The molecule has 0 atom stereocenters. The predicted octanol–water partition coefficient (Wildman–Crippen LogP) is 2.67. The summed E-state index contributed by atoms with van der Waals surface area (Å²) in [5, 5.41) is 13.7. The Labute approximate surface area is 113 Å². The number of hydrogen-bond acceptors (Lipinski definition) is 6. The molecule has 1 heterocycles. The average Bonchev–Trinajstić information content (AvgIpc) is 2.40. The summed E-state index contributed by atoms with van der Waals surface area (Å²) in [6.45, 7) is 1.48. The van der Waals surface area contributed by atoms with E-state index in [0.717, 1.165) is 0 Å². The second-order valence-corrected chi connectivity index (χ2v) is 3.85. The van der Waals surface area contributed by atoms with Gasteiger partial charge in [0.15, 0.2) is 0 Å². The third-order valence-corrected chi connectivity index (χ3v) is 2.46. The highest BCUT2D eigenvalue weighted by Gasteiger charge is 2.24. The molecule has 20 heavy (non-hydrogen) atoms. The molecule has 7 nitrogen and oxygen atoms in total. The Hall–Kier alpha value is -2.77. The second kappa shape index (κ2) is 5.47. The maximum Gasteiger partial charge on any atom is 0.352 e. The van der Waals surface area contributed by atoms with E-state index in [-0.39, 0.29) is 29.0 Å². The van der Waals surface area contributed by atoms with E-state index in [2.05, 4.69) is 15.3 Å². The lowest BCUT2D eigenvalue weighted by atomic mass is 10.3. The maximum absolute atomic E-state index is 12.8. The minimum Gasteiger partial charge on any atom is -0.434 e. The molecular formula is C12H11FN4O3. The molecule has 0 spiro atoms. The van der Waals surface area contributed by atoms with Gasteiger partial charge in [-0.05, 0) is 31.2 Å². The number of benzene rings is 1. The molecule has 104 valence electrons. The number of nitro groups is 1. The molecule has 1 aromatic heterocycles. The summed E-state index contributed by atoms with van der Waals surface area (Å²) in [6.07, 6.45) is 0. The van der Waals surface area contributed by atoms with Crippen LogP contribution in [0.1, 0.15) is 5.69 Å². The van der Waals surface area contributed by atoms with Gasteiger partial charge < -0.3 is 10.1 Å². The Balaban J connectivity index is 2.45. The molecule has 0 saturated carbocycles. The van der Waals surface area contributed by atoms with Crippen molar-refractivity contribution < 1.29 is 14.1 Å². The zero-order valence-electron chi connectivity index (χ0n) is 10.8. The van der Waals surface area contributed by atoms with E-state index >= 15 is 0 Å². The first kappa shape index (κ1) is 13.7. The molecule has 0 saturated heterocycles. The van der Waals surface area contributed by atoms with Crippen LogP contribution in [0, 0.1) is 22.9 Å². The topological polar surface area (TPSA) is 90.2 Å². The summed E-state index contributed by atoms with van der Waals surface area (Å²) in [6, 6.07) is 5.09. The molecule has 0 aliphatic rings. The molecule has 0 aliphatic heterocycles. The SMILES string of the molecule is CNc1nc(C)c([N+](=O)[O-])c(Oc2ccc(F)cc2)n1. The first-order chi connectivity index (χ1) is 9.51. The van der Waals surface area contributed by atoms with Crippen molar-refractivity contribution in [2.24, 2.45) is 0 Å². The molecule has 1 N–H and O–H groups in total. The summed E-state index contributed by atoms with van der Waals surface area (Å²) < 4.78 is 18.2. The van der Waals surface area contributed by atoms with Crippen LogP contribution in [0.5, 0.6) is 11.6 Å². The predicted molar refractivity (Wildman–Crippen MR) is 69.4 cm³/mol. The fraction of sp³-hybridized carbons (Fsp3) is 0.167. The highest BCUT2D eigenvalue weighted by atomic mass is 19.1. The lowest BCUT2D eigenvalue weighted by Gasteiger charge is -2.08. The summed E-state index contributed by atoms with van der Waals surface area (Å²) >= 11 is 0. The molecule has 0 amide bonds. The van der Waals surface area contributed by atoms with Gasteiger partial charge in [0.1, 0.15) is 17.3 Å². The monoisotopic (exact) mass is 278 g/mol. The Morgan fingerprint density at radius 1 is 1.30 bits per heavy atom. The number of nitrogens with one attached hydrogen (secondary N) is 1. The minimum atomic E-state index is -0.617. The lowest BCUT2D eigenvalue weighted by molar-refractivity contribution is -0.386.